The van der Waals surface area contributed by atoms with E-state index >= 15 is 0 Å². The second-order valence-electron chi connectivity index (χ2n) is 6.26. The van der Waals surface area contributed by atoms with Crippen molar-refractivity contribution in [3.63, 3.8) is 0 Å². The molecule has 1 N–H and O–H groups in total. The summed E-state index contributed by atoms with van der Waals surface area (Å²) in [5, 5.41) is 8.74. The van der Waals surface area contributed by atoms with Gasteiger partial charge in [-0.3, -0.25) is 9.89 Å². The van der Waals surface area contributed by atoms with E-state index in [1.807, 2.05) is 25.2 Å². The molecule has 1 aromatic heterocycles. The van der Waals surface area contributed by atoms with E-state index in [1.165, 1.54) is 0 Å². The topological polar surface area (TPSA) is 56.9 Å². The zero-order chi connectivity index (χ0) is 18.4. The highest BCUT2D eigenvalue weighted by Gasteiger charge is 2.20. The number of guanidine groups is 1. The average molecular weight is 524 g/mol. The van der Waals surface area contributed by atoms with Gasteiger partial charge in [-0.1, -0.05) is 28.4 Å². The van der Waals surface area contributed by atoms with Crippen molar-refractivity contribution in [1.82, 2.24) is 20.3 Å². The molecule has 0 unspecified atom stereocenters. The molecule has 1 saturated heterocycles. The third-order valence-corrected chi connectivity index (χ3v) is 4.82. The summed E-state index contributed by atoms with van der Waals surface area (Å²) in [4.78, 5) is 9.06. The van der Waals surface area contributed by atoms with Crippen LogP contribution >= 0.6 is 47.2 Å². The van der Waals surface area contributed by atoms with Crippen molar-refractivity contribution in [3.05, 3.63) is 51.8 Å². The molecule has 1 fully saturated rings. The van der Waals surface area contributed by atoms with Gasteiger partial charge in [-0.05, 0) is 30.2 Å². The van der Waals surface area contributed by atoms with Gasteiger partial charge in [0.25, 0.3) is 0 Å². The molecule has 0 amide bonds. The summed E-state index contributed by atoms with van der Waals surface area (Å²) in [5.74, 6) is 0.930. The van der Waals surface area contributed by atoms with Crippen molar-refractivity contribution >= 4 is 53.1 Å². The minimum Gasteiger partial charge on any atom is -0.364 e. The monoisotopic (exact) mass is 523 g/mol. The second-order valence-corrected chi connectivity index (χ2v) is 7.13. The normalized spacial score (nSPS) is 15.5. The molecule has 3 rings (SSSR count). The van der Waals surface area contributed by atoms with E-state index in [2.05, 4.69) is 25.3 Å². The van der Waals surface area contributed by atoms with Gasteiger partial charge in [0.1, 0.15) is 6.26 Å². The molecule has 0 radical (unpaired) electrons. The number of nitrogens with zero attached hydrogens (tertiary/aromatic N) is 4. The zero-order valence-electron chi connectivity index (χ0n) is 15.2. The summed E-state index contributed by atoms with van der Waals surface area (Å²) in [6.45, 7) is 5.41. The highest BCUT2D eigenvalue weighted by atomic mass is 127. The number of aliphatic imine (C=N–C) groups is 1. The molecule has 0 aliphatic carbocycles. The Morgan fingerprint density at radius 1 is 1.19 bits per heavy atom. The van der Waals surface area contributed by atoms with Crippen LogP contribution in [0.2, 0.25) is 10.0 Å². The van der Waals surface area contributed by atoms with Crippen molar-refractivity contribution in [1.29, 1.82) is 0 Å². The maximum Gasteiger partial charge on any atom is 0.193 e. The summed E-state index contributed by atoms with van der Waals surface area (Å²) in [7, 11) is 1.82. The lowest BCUT2D eigenvalue weighted by Crippen LogP contribution is -2.52. The first kappa shape index (κ1) is 22.3. The van der Waals surface area contributed by atoms with Gasteiger partial charge in [0.05, 0.1) is 5.69 Å². The SMILES string of the molecule is CN=C(NCCc1cc(Cl)cc(Cl)c1)N1CCN(Cc2ccon2)CC1.I. The van der Waals surface area contributed by atoms with Crippen molar-refractivity contribution < 1.29 is 4.52 Å². The Labute approximate surface area is 186 Å². The average Bonchev–Trinajstić information content (AvgIpc) is 3.12. The fourth-order valence-electron chi connectivity index (χ4n) is 3.07. The number of benzene rings is 1. The number of aromatic nitrogens is 1. The van der Waals surface area contributed by atoms with Gasteiger partial charge < -0.3 is 14.7 Å². The molecule has 2 heterocycles. The Hall–Kier alpha value is -1.03. The minimum absolute atomic E-state index is 0. The van der Waals surface area contributed by atoms with Crippen molar-refractivity contribution in [2.75, 3.05) is 39.8 Å². The molecule has 1 aliphatic rings. The van der Waals surface area contributed by atoms with E-state index in [0.29, 0.717) is 10.0 Å². The largest absolute Gasteiger partial charge is 0.364 e. The molecule has 0 saturated carbocycles. The van der Waals surface area contributed by atoms with Gasteiger partial charge in [0, 0.05) is 62.4 Å². The lowest BCUT2D eigenvalue weighted by atomic mass is 10.1. The molecule has 9 heteroatoms. The summed E-state index contributed by atoms with van der Waals surface area (Å²) >= 11 is 12.1. The fraction of sp³-hybridized carbons (Fsp3) is 0.444. The van der Waals surface area contributed by atoms with Crippen molar-refractivity contribution in [2.24, 2.45) is 4.99 Å². The lowest BCUT2D eigenvalue weighted by Gasteiger charge is -2.36. The Morgan fingerprint density at radius 2 is 1.89 bits per heavy atom. The number of hydrogen-bond acceptors (Lipinski definition) is 4. The molecule has 6 nitrogen and oxygen atoms in total. The number of nitrogens with one attached hydrogen (secondary N) is 1. The number of halogens is 3. The van der Waals surface area contributed by atoms with Gasteiger partial charge >= 0.3 is 0 Å². The van der Waals surface area contributed by atoms with Gasteiger partial charge in [-0.15, -0.1) is 24.0 Å². The van der Waals surface area contributed by atoms with Gasteiger partial charge in [0.2, 0.25) is 0 Å². The van der Waals surface area contributed by atoms with Crippen LogP contribution in [0.25, 0.3) is 0 Å². The number of piperazine rings is 1. The Morgan fingerprint density at radius 3 is 2.48 bits per heavy atom. The van der Waals surface area contributed by atoms with E-state index in [-0.39, 0.29) is 24.0 Å². The van der Waals surface area contributed by atoms with Crippen LogP contribution in [-0.4, -0.2) is 60.7 Å². The van der Waals surface area contributed by atoms with Crippen LogP contribution in [0.3, 0.4) is 0 Å². The molecule has 1 aliphatic heterocycles. The quantitative estimate of drug-likeness (QED) is 0.369. The van der Waals surface area contributed by atoms with Crippen LogP contribution in [0.1, 0.15) is 11.3 Å². The van der Waals surface area contributed by atoms with E-state index in [4.69, 9.17) is 27.7 Å². The Bertz CT molecular complexity index is 713. The summed E-state index contributed by atoms with van der Waals surface area (Å²) in [6.07, 6.45) is 2.45. The summed E-state index contributed by atoms with van der Waals surface area (Å²) in [5.41, 5.74) is 2.09. The second kappa shape index (κ2) is 11.1. The highest BCUT2D eigenvalue weighted by molar-refractivity contribution is 14.0. The molecule has 2 aromatic rings. The third kappa shape index (κ3) is 6.81. The number of rotatable bonds is 5. The van der Waals surface area contributed by atoms with E-state index < -0.39 is 0 Å². The molecular formula is C18H24Cl2IN5O. The van der Waals surface area contributed by atoms with E-state index in [9.17, 15) is 0 Å². The summed E-state index contributed by atoms with van der Waals surface area (Å²) < 4.78 is 4.90. The van der Waals surface area contributed by atoms with Crippen LogP contribution < -0.4 is 5.32 Å². The first-order valence-corrected chi connectivity index (χ1v) is 9.42. The van der Waals surface area contributed by atoms with E-state index in [1.54, 1.807) is 12.3 Å². The molecule has 27 heavy (non-hydrogen) atoms. The van der Waals surface area contributed by atoms with Crippen LogP contribution in [0, 0.1) is 0 Å². The van der Waals surface area contributed by atoms with Crippen molar-refractivity contribution in [2.45, 2.75) is 13.0 Å². The van der Waals surface area contributed by atoms with Crippen LogP contribution in [0.5, 0.6) is 0 Å². The lowest BCUT2D eigenvalue weighted by molar-refractivity contribution is 0.169. The molecule has 1 aromatic carbocycles. The first-order valence-electron chi connectivity index (χ1n) is 8.66. The predicted octanol–water partition coefficient (Wildman–Crippen LogP) is 3.54. The minimum atomic E-state index is 0. The van der Waals surface area contributed by atoms with Crippen LogP contribution in [0.4, 0.5) is 0 Å². The molecule has 0 bridgehead atoms. The zero-order valence-corrected chi connectivity index (χ0v) is 19.0. The highest BCUT2D eigenvalue weighted by Crippen LogP contribution is 2.19. The maximum atomic E-state index is 6.05. The molecular weight excluding hydrogens is 500 g/mol. The summed E-state index contributed by atoms with van der Waals surface area (Å²) in [6, 6.07) is 7.55. The third-order valence-electron chi connectivity index (χ3n) is 4.38. The molecule has 148 valence electrons. The molecule has 0 atom stereocenters. The maximum absolute atomic E-state index is 6.05. The smallest absolute Gasteiger partial charge is 0.193 e. The molecule has 0 spiro atoms. The predicted molar refractivity (Wildman–Crippen MR) is 120 cm³/mol. The van der Waals surface area contributed by atoms with Crippen LogP contribution in [0.15, 0.2) is 40.0 Å². The van der Waals surface area contributed by atoms with E-state index in [0.717, 1.165) is 62.9 Å². The van der Waals surface area contributed by atoms with Crippen LogP contribution in [-0.2, 0) is 13.0 Å². The van der Waals surface area contributed by atoms with Gasteiger partial charge in [-0.2, -0.15) is 0 Å². The standard InChI is InChI=1S/C18H23Cl2N5O.HI/c1-21-18(22-4-2-14-10-15(19)12-16(20)11-14)25-7-5-24(6-8-25)13-17-3-9-26-23-17;/h3,9-12H,2,4-8,13H2,1H3,(H,21,22);1H. The first-order chi connectivity index (χ1) is 12.6. The van der Waals surface area contributed by atoms with Crippen molar-refractivity contribution in [3.8, 4) is 0 Å². The Kier molecular flexibility index (Phi) is 9.14. The van der Waals surface area contributed by atoms with Gasteiger partial charge in [0.15, 0.2) is 5.96 Å². The Balaban J connectivity index is 0.00000261. The van der Waals surface area contributed by atoms with Gasteiger partial charge in [-0.25, -0.2) is 0 Å². The fourth-order valence-corrected chi connectivity index (χ4v) is 3.64. The number of hydrogen-bond donors (Lipinski definition) is 1.